The van der Waals surface area contributed by atoms with Gasteiger partial charge in [0.1, 0.15) is 11.2 Å². The molecule has 2 fully saturated rings. The van der Waals surface area contributed by atoms with Crippen molar-refractivity contribution in [2.45, 2.75) is 89.3 Å². The molecular weight excluding hydrogens is 424 g/mol. The predicted molar refractivity (Wildman–Crippen MR) is 125 cm³/mol. The SMILES string of the molecule is Cc1ccc(Cl)cc1N1C(=O)c2cc(C3CC3)nn2CC1(C)C(=O)NC1CCCCCC1. The Morgan fingerprint density at radius 2 is 1.84 bits per heavy atom. The summed E-state index contributed by atoms with van der Waals surface area (Å²) in [6.45, 7) is 4.13. The standard InChI is InChI=1S/C25H31ClN4O2/c1-16-9-12-18(26)13-21(16)30-23(31)22-14-20(17-10-11-17)28-29(22)15-25(30,2)24(32)27-19-7-5-3-4-6-8-19/h9,12-14,17,19H,3-8,10-11,15H2,1-2H3,(H,27,32). The zero-order valence-corrected chi connectivity index (χ0v) is 19.6. The lowest BCUT2D eigenvalue weighted by atomic mass is 9.92. The molecule has 1 aromatic carbocycles. The summed E-state index contributed by atoms with van der Waals surface area (Å²) in [4.78, 5) is 29.3. The molecule has 1 unspecified atom stereocenters. The number of halogens is 1. The molecule has 0 saturated heterocycles. The van der Waals surface area contributed by atoms with Gasteiger partial charge in [0, 0.05) is 22.7 Å². The maximum Gasteiger partial charge on any atom is 0.277 e. The van der Waals surface area contributed by atoms with Crippen LogP contribution in [0.4, 0.5) is 5.69 Å². The topological polar surface area (TPSA) is 67.2 Å². The number of nitrogens with one attached hydrogen (secondary N) is 1. The number of nitrogens with zero attached hydrogens (tertiary/aromatic N) is 3. The number of carbonyl (C=O) groups excluding carboxylic acids is 2. The van der Waals surface area contributed by atoms with Gasteiger partial charge in [-0.15, -0.1) is 0 Å². The molecule has 7 heteroatoms. The number of amides is 2. The van der Waals surface area contributed by atoms with Gasteiger partial charge in [0.2, 0.25) is 5.91 Å². The first-order valence-corrected chi connectivity index (χ1v) is 12.2. The van der Waals surface area contributed by atoms with Gasteiger partial charge in [0.15, 0.2) is 0 Å². The monoisotopic (exact) mass is 454 g/mol. The van der Waals surface area contributed by atoms with Gasteiger partial charge in [-0.1, -0.05) is 43.4 Å². The van der Waals surface area contributed by atoms with Crippen molar-refractivity contribution >= 4 is 29.1 Å². The van der Waals surface area contributed by atoms with Crippen molar-refractivity contribution in [3.05, 3.63) is 46.2 Å². The van der Waals surface area contributed by atoms with Crippen molar-refractivity contribution in [1.82, 2.24) is 15.1 Å². The van der Waals surface area contributed by atoms with Crippen LogP contribution in [-0.4, -0.2) is 33.2 Å². The second-order valence-corrected chi connectivity index (χ2v) is 10.3. The summed E-state index contributed by atoms with van der Waals surface area (Å²) < 4.78 is 1.75. The van der Waals surface area contributed by atoms with Gasteiger partial charge in [0.05, 0.1) is 12.2 Å². The average molecular weight is 455 g/mol. The summed E-state index contributed by atoms with van der Waals surface area (Å²) in [6, 6.07) is 7.57. The summed E-state index contributed by atoms with van der Waals surface area (Å²) in [7, 11) is 0. The van der Waals surface area contributed by atoms with Gasteiger partial charge in [-0.25, -0.2) is 0 Å². The normalized spacial score (nSPS) is 24.2. The summed E-state index contributed by atoms with van der Waals surface area (Å²) in [5.74, 6) is 0.124. The number of aryl methyl sites for hydroxylation is 1. The summed E-state index contributed by atoms with van der Waals surface area (Å²) in [5, 5.41) is 8.57. The molecule has 0 bridgehead atoms. The van der Waals surface area contributed by atoms with Crippen molar-refractivity contribution in [3.63, 3.8) is 0 Å². The Bertz CT molecular complexity index is 1050. The Kier molecular flexibility index (Phi) is 5.52. The molecule has 2 amide bonds. The molecular formula is C25H31ClN4O2. The first-order chi connectivity index (χ1) is 15.4. The molecule has 2 heterocycles. The number of benzene rings is 1. The second-order valence-electron chi connectivity index (χ2n) is 9.89. The van der Waals surface area contributed by atoms with Crippen LogP contribution in [0, 0.1) is 6.92 Å². The summed E-state index contributed by atoms with van der Waals surface area (Å²) >= 11 is 6.33. The van der Waals surface area contributed by atoms with Crippen LogP contribution in [0.15, 0.2) is 24.3 Å². The number of carbonyl (C=O) groups is 2. The molecule has 1 aromatic heterocycles. The summed E-state index contributed by atoms with van der Waals surface area (Å²) in [5.41, 5.74) is 2.00. The summed E-state index contributed by atoms with van der Waals surface area (Å²) in [6.07, 6.45) is 8.91. The zero-order valence-electron chi connectivity index (χ0n) is 18.9. The molecule has 2 aliphatic carbocycles. The predicted octanol–water partition coefficient (Wildman–Crippen LogP) is 4.98. The van der Waals surface area contributed by atoms with E-state index in [2.05, 4.69) is 5.32 Å². The fourth-order valence-electron chi connectivity index (χ4n) is 5.15. The first-order valence-electron chi connectivity index (χ1n) is 11.9. The van der Waals surface area contributed by atoms with E-state index in [1.54, 1.807) is 15.6 Å². The quantitative estimate of drug-likeness (QED) is 0.662. The number of fused-ring (bicyclic) bond motifs is 1. The lowest BCUT2D eigenvalue weighted by Gasteiger charge is -2.44. The molecule has 0 spiro atoms. The first kappa shape index (κ1) is 21.5. The van der Waals surface area contributed by atoms with E-state index in [9.17, 15) is 9.59 Å². The molecule has 1 aliphatic heterocycles. The van der Waals surface area contributed by atoms with Crippen LogP contribution in [0.5, 0.6) is 0 Å². The van der Waals surface area contributed by atoms with Crippen LogP contribution in [0.3, 0.4) is 0 Å². The molecule has 1 atom stereocenters. The van der Waals surface area contributed by atoms with E-state index in [0.717, 1.165) is 49.8 Å². The van der Waals surface area contributed by atoms with Gasteiger partial charge < -0.3 is 5.32 Å². The Morgan fingerprint density at radius 3 is 2.53 bits per heavy atom. The van der Waals surface area contributed by atoms with Crippen molar-refractivity contribution < 1.29 is 9.59 Å². The Balaban J connectivity index is 1.55. The van der Waals surface area contributed by atoms with Crippen LogP contribution in [0.25, 0.3) is 0 Å². The van der Waals surface area contributed by atoms with E-state index in [1.807, 2.05) is 32.0 Å². The Morgan fingerprint density at radius 1 is 1.12 bits per heavy atom. The molecule has 2 aromatic rings. The maximum atomic E-state index is 13.8. The third-order valence-electron chi connectivity index (χ3n) is 7.26. The van der Waals surface area contributed by atoms with Crippen molar-refractivity contribution in [1.29, 1.82) is 0 Å². The fourth-order valence-corrected chi connectivity index (χ4v) is 5.31. The average Bonchev–Trinajstić information content (AvgIpc) is 3.56. The highest BCUT2D eigenvalue weighted by Crippen LogP contribution is 2.42. The van der Waals surface area contributed by atoms with Crippen molar-refractivity contribution in [3.8, 4) is 0 Å². The molecule has 5 rings (SSSR count). The van der Waals surface area contributed by atoms with E-state index in [4.69, 9.17) is 16.7 Å². The number of hydrogen-bond acceptors (Lipinski definition) is 3. The minimum Gasteiger partial charge on any atom is -0.351 e. The molecule has 1 N–H and O–H groups in total. The molecule has 32 heavy (non-hydrogen) atoms. The van der Waals surface area contributed by atoms with Crippen LogP contribution in [0.1, 0.15) is 86.0 Å². The van der Waals surface area contributed by atoms with Crippen molar-refractivity contribution in [2.24, 2.45) is 0 Å². The largest absolute Gasteiger partial charge is 0.351 e. The molecule has 2 saturated carbocycles. The van der Waals surface area contributed by atoms with E-state index in [0.29, 0.717) is 28.9 Å². The van der Waals surface area contributed by atoms with Crippen molar-refractivity contribution in [2.75, 3.05) is 4.90 Å². The van der Waals surface area contributed by atoms with Crippen LogP contribution in [-0.2, 0) is 11.3 Å². The van der Waals surface area contributed by atoms with Gasteiger partial charge in [-0.05, 0) is 63.3 Å². The van der Waals surface area contributed by atoms with Crippen LogP contribution in [0.2, 0.25) is 5.02 Å². The number of rotatable bonds is 4. The third kappa shape index (κ3) is 3.83. The highest BCUT2D eigenvalue weighted by Gasteiger charge is 2.50. The Hall–Kier alpha value is -2.34. The third-order valence-corrected chi connectivity index (χ3v) is 7.49. The van der Waals surface area contributed by atoms with E-state index >= 15 is 0 Å². The van der Waals surface area contributed by atoms with Gasteiger partial charge >= 0.3 is 0 Å². The van der Waals surface area contributed by atoms with Crippen LogP contribution >= 0.6 is 11.6 Å². The van der Waals surface area contributed by atoms with Crippen LogP contribution < -0.4 is 10.2 Å². The molecule has 170 valence electrons. The lowest BCUT2D eigenvalue weighted by Crippen LogP contribution is -2.65. The zero-order chi connectivity index (χ0) is 22.5. The van der Waals surface area contributed by atoms with Gasteiger partial charge in [0.25, 0.3) is 5.91 Å². The maximum absolute atomic E-state index is 13.8. The number of anilines is 1. The smallest absolute Gasteiger partial charge is 0.277 e. The highest BCUT2D eigenvalue weighted by molar-refractivity contribution is 6.31. The van der Waals surface area contributed by atoms with Gasteiger partial charge in [-0.3, -0.25) is 19.2 Å². The van der Waals surface area contributed by atoms with E-state index in [1.165, 1.54) is 12.8 Å². The lowest BCUT2D eigenvalue weighted by molar-refractivity contribution is -0.127. The second kappa shape index (κ2) is 8.22. The van der Waals surface area contributed by atoms with Gasteiger partial charge in [-0.2, -0.15) is 5.10 Å². The molecule has 6 nitrogen and oxygen atoms in total. The highest BCUT2D eigenvalue weighted by atomic mass is 35.5. The fraction of sp³-hybridized carbons (Fsp3) is 0.560. The number of aromatic nitrogens is 2. The van der Waals surface area contributed by atoms with E-state index < -0.39 is 5.54 Å². The minimum atomic E-state index is -1.10. The molecule has 3 aliphatic rings. The molecule has 0 radical (unpaired) electrons. The Labute approximate surface area is 194 Å². The van der Waals surface area contributed by atoms with E-state index in [-0.39, 0.29) is 17.9 Å². The minimum absolute atomic E-state index is 0.119. The number of hydrogen-bond donors (Lipinski definition) is 1.